The largest absolute Gasteiger partial charge is 0.417 e. The highest BCUT2D eigenvalue weighted by Crippen LogP contribution is 2.31. The number of carbonyl (C=O) groups is 1. The minimum atomic E-state index is -4.62. The van der Waals surface area contributed by atoms with E-state index in [1.165, 1.54) is 24.3 Å². The summed E-state index contributed by atoms with van der Waals surface area (Å²) in [6.07, 6.45) is -2.74. The van der Waals surface area contributed by atoms with Crippen LogP contribution in [0, 0.1) is 0 Å². The molecule has 104 valence electrons. The molecule has 0 saturated heterocycles. The van der Waals surface area contributed by atoms with E-state index in [-0.39, 0.29) is 0 Å². The number of nitrogens with zero attached hydrogens (tertiary/aromatic N) is 1. The van der Waals surface area contributed by atoms with Gasteiger partial charge in [-0.15, -0.1) is 0 Å². The molecule has 2 rings (SSSR count). The number of benzene rings is 1. The van der Waals surface area contributed by atoms with E-state index in [4.69, 9.17) is 11.6 Å². The molecule has 20 heavy (non-hydrogen) atoms. The molecule has 1 amide bonds. The van der Waals surface area contributed by atoms with Gasteiger partial charge in [-0.25, -0.2) is 0 Å². The van der Waals surface area contributed by atoms with Crippen molar-refractivity contribution in [2.75, 3.05) is 5.32 Å². The van der Waals surface area contributed by atoms with E-state index in [2.05, 4.69) is 10.3 Å². The Morgan fingerprint density at radius 2 is 1.80 bits per heavy atom. The zero-order chi connectivity index (χ0) is 14.8. The normalized spacial score (nSPS) is 11.2. The van der Waals surface area contributed by atoms with Crippen LogP contribution in [0.3, 0.4) is 0 Å². The summed E-state index contributed by atoms with van der Waals surface area (Å²) in [4.78, 5) is 15.4. The van der Waals surface area contributed by atoms with Crippen LogP contribution in [0.1, 0.15) is 15.9 Å². The van der Waals surface area contributed by atoms with Crippen LogP contribution in [-0.4, -0.2) is 10.9 Å². The molecule has 7 heteroatoms. The number of hydrogen-bond acceptors (Lipinski definition) is 2. The number of rotatable bonds is 2. The number of aromatic nitrogens is 1. The summed E-state index contributed by atoms with van der Waals surface area (Å²) in [5.74, 6) is -0.882. The second-order valence-electron chi connectivity index (χ2n) is 3.88. The molecule has 0 atom stereocenters. The summed E-state index contributed by atoms with van der Waals surface area (Å²) >= 11 is 5.68. The molecular formula is C13H8ClF3N2O. The van der Waals surface area contributed by atoms with E-state index in [1.807, 2.05) is 0 Å². The van der Waals surface area contributed by atoms with Gasteiger partial charge in [0.15, 0.2) is 0 Å². The fraction of sp³-hybridized carbons (Fsp3) is 0.0769. The highest BCUT2D eigenvalue weighted by atomic mass is 35.5. The number of anilines is 1. The molecule has 0 unspecified atom stereocenters. The van der Waals surface area contributed by atoms with Crippen LogP contribution in [0.25, 0.3) is 0 Å². The topological polar surface area (TPSA) is 42.0 Å². The maximum Gasteiger partial charge on any atom is 0.417 e. The minimum absolute atomic E-state index is 0.344. The second kappa shape index (κ2) is 5.50. The Hall–Kier alpha value is -2.08. The van der Waals surface area contributed by atoms with Gasteiger partial charge in [0.05, 0.1) is 11.1 Å². The molecule has 2 aromatic rings. The van der Waals surface area contributed by atoms with Gasteiger partial charge in [0.2, 0.25) is 0 Å². The number of pyridine rings is 1. The van der Waals surface area contributed by atoms with Gasteiger partial charge in [-0.05, 0) is 30.3 Å². The highest BCUT2D eigenvalue weighted by Gasteiger charge is 2.35. The van der Waals surface area contributed by atoms with E-state index in [0.29, 0.717) is 10.7 Å². The van der Waals surface area contributed by atoms with E-state index in [9.17, 15) is 18.0 Å². The predicted octanol–water partition coefficient (Wildman–Crippen LogP) is 4.01. The lowest BCUT2D eigenvalue weighted by Crippen LogP contribution is -2.19. The zero-order valence-corrected chi connectivity index (χ0v) is 10.7. The maximum absolute atomic E-state index is 12.8. The summed E-state index contributed by atoms with van der Waals surface area (Å²) in [5.41, 5.74) is -1.22. The average Bonchev–Trinajstić information content (AvgIpc) is 2.40. The third kappa shape index (κ3) is 3.27. The standard InChI is InChI=1S/C13H8ClF3N2O/c14-8-1-3-9(4-2-8)19-12(20)10-7-18-6-5-11(10)13(15,16)17/h1-7H,(H,19,20). The number of halogens is 4. The number of carbonyl (C=O) groups excluding carboxylic acids is 1. The summed E-state index contributed by atoms with van der Waals surface area (Å²) in [6, 6.07) is 6.78. The van der Waals surface area contributed by atoms with Crippen molar-refractivity contribution in [1.29, 1.82) is 0 Å². The number of hydrogen-bond donors (Lipinski definition) is 1. The SMILES string of the molecule is O=C(Nc1ccc(Cl)cc1)c1cnccc1C(F)(F)F. The molecule has 0 radical (unpaired) electrons. The lowest BCUT2D eigenvalue weighted by Gasteiger charge is -2.12. The van der Waals surface area contributed by atoms with Gasteiger partial charge in [-0.1, -0.05) is 11.6 Å². The van der Waals surface area contributed by atoms with Crippen molar-refractivity contribution in [3.05, 3.63) is 58.9 Å². The lowest BCUT2D eigenvalue weighted by atomic mass is 10.1. The smallest absolute Gasteiger partial charge is 0.322 e. The molecule has 3 nitrogen and oxygen atoms in total. The Morgan fingerprint density at radius 3 is 2.40 bits per heavy atom. The Balaban J connectivity index is 2.28. The van der Waals surface area contributed by atoms with Crippen molar-refractivity contribution in [2.24, 2.45) is 0 Å². The van der Waals surface area contributed by atoms with Crippen LogP contribution in [0.2, 0.25) is 5.02 Å². The first-order valence-corrected chi connectivity index (χ1v) is 5.84. The summed E-state index contributed by atoms with van der Waals surface area (Å²) in [6.45, 7) is 0. The summed E-state index contributed by atoms with van der Waals surface area (Å²) < 4.78 is 38.3. The Kier molecular flexibility index (Phi) is 3.94. The van der Waals surface area contributed by atoms with E-state index < -0.39 is 23.2 Å². The van der Waals surface area contributed by atoms with Gasteiger partial charge < -0.3 is 5.32 Å². The molecule has 0 spiro atoms. The molecule has 0 aliphatic rings. The molecule has 0 saturated carbocycles. The monoisotopic (exact) mass is 300 g/mol. The van der Waals surface area contributed by atoms with E-state index in [0.717, 1.165) is 18.5 Å². The molecular weight excluding hydrogens is 293 g/mol. The number of nitrogens with one attached hydrogen (secondary N) is 1. The lowest BCUT2D eigenvalue weighted by molar-refractivity contribution is -0.137. The number of amides is 1. The zero-order valence-electron chi connectivity index (χ0n) is 9.91. The quantitative estimate of drug-likeness (QED) is 0.910. The summed E-state index contributed by atoms with van der Waals surface area (Å²) in [5, 5.41) is 2.82. The first kappa shape index (κ1) is 14.3. The molecule has 0 aliphatic carbocycles. The highest BCUT2D eigenvalue weighted by molar-refractivity contribution is 6.30. The van der Waals surface area contributed by atoms with E-state index in [1.54, 1.807) is 0 Å². The van der Waals surface area contributed by atoms with E-state index >= 15 is 0 Å². The van der Waals surface area contributed by atoms with Crippen LogP contribution < -0.4 is 5.32 Å². The first-order chi connectivity index (χ1) is 9.38. The number of alkyl halides is 3. The first-order valence-electron chi connectivity index (χ1n) is 5.46. The fourth-order valence-electron chi connectivity index (χ4n) is 1.55. The Labute approximate surface area is 117 Å². The van der Waals surface area contributed by atoms with Gasteiger partial charge in [0, 0.05) is 23.1 Å². The fourth-order valence-corrected chi connectivity index (χ4v) is 1.68. The van der Waals surface area contributed by atoms with Gasteiger partial charge >= 0.3 is 6.18 Å². The van der Waals surface area contributed by atoms with Crippen molar-refractivity contribution < 1.29 is 18.0 Å². The van der Waals surface area contributed by atoms with Crippen LogP contribution in [0.5, 0.6) is 0 Å². The van der Waals surface area contributed by atoms with Gasteiger partial charge in [-0.3, -0.25) is 9.78 Å². The molecule has 0 aliphatic heterocycles. The molecule has 0 fully saturated rings. The molecule has 1 heterocycles. The Bertz CT molecular complexity index is 626. The van der Waals surface area contributed by atoms with Gasteiger partial charge in [0.1, 0.15) is 0 Å². The van der Waals surface area contributed by atoms with Crippen LogP contribution in [0.4, 0.5) is 18.9 Å². The van der Waals surface area contributed by atoms with Gasteiger partial charge in [0.25, 0.3) is 5.91 Å². The third-order valence-corrected chi connectivity index (χ3v) is 2.73. The average molecular weight is 301 g/mol. The van der Waals surface area contributed by atoms with Gasteiger partial charge in [-0.2, -0.15) is 13.2 Å². The third-order valence-electron chi connectivity index (χ3n) is 2.47. The molecule has 1 N–H and O–H groups in total. The molecule has 0 bridgehead atoms. The predicted molar refractivity (Wildman–Crippen MR) is 68.6 cm³/mol. The second-order valence-corrected chi connectivity index (χ2v) is 4.32. The molecule has 1 aromatic heterocycles. The Morgan fingerprint density at radius 1 is 1.15 bits per heavy atom. The van der Waals surface area contributed by atoms with Crippen molar-refractivity contribution in [3.63, 3.8) is 0 Å². The molecule has 1 aromatic carbocycles. The minimum Gasteiger partial charge on any atom is -0.322 e. The van der Waals surface area contributed by atoms with Crippen LogP contribution in [0.15, 0.2) is 42.7 Å². The summed E-state index contributed by atoms with van der Waals surface area (Å²) in [7, 11) is 0. The van der Waals surface area contributed by atoms with Crippen molar-refractivity contribution in [3.8, 4) is 0 Å². The van der Waals surface area contributed by atoms with Crippen molar-refractivity contribution >= 4 is 23.2 Å². The van der Waals surface area contributed by atoms with Crippen LogP contribution >= 0.6 is 11.6 Å². The maximum atomic E-state index is 12.8. The van der Waals surface area contributed by atoms with Crippen molar-refractivity contribution in [1.82, 2.24) is 4.98 Å². The van der Waals surface area contributed by atoms with Crippen LogP contribution in [-0.2, 0) is 6.18 Å². The van der Waals surface area contributed by atoms with Crippen molar-refractivity contribution in [2.45, 2.75) is 6.18 Å².